The van der Waals surface area contributed by atoms with Crippen LogP contribution in [0.25, 0.3) is 5.69 Å². The van der Waals surface area contributed by atoms with E-state index in [-0.39, 0.29) is 23.6 Å². The smallest absolute Gasteiger partial charge is 0.429 e. The maximum atomic E-state index is 14.2. The highest BCUT2D eigenvalue weighted by atomic mass is 19.4. The zero-order valence-corrected chi connectivity index (χ0v) is 18.6. The van der Waals surface area contributed by atoms with Gasteiger partial charge in [-0.3, -0.25) is 10.5 Å². The Morgan fingerprint density at radius 3 is 2.56 bits per heavy atom. The molecule has 2 unspecified atom stereocenters. The number of aromatic nitrogens is 3. The Kier molecular flexibility index (Phi) is 6.77. The molecule has 0 bridgehead atoms. The van der Waals surface area contributed by atoms with Gasteiger partial charge in [-0.05, 0) is 18.1 Å². The van der Waals surface area contributed by atoms with Gasteiger partial charge in [0.15, 0.2) is 5.88 Å². The number of ether oxygens (including phenoxy) is 1. The number of nitrogens with one attached hydrogen (secondary N) is 1. The summed E-state index contributed by atoms with van der Waals surface area (Å²) in [6, 6.07) is 11.1. The maximum absolute atomic E-state index is 14.2. The van der Waals surface area contributed by atoms with E-state index < -0.39 is 30.1 Å². The summed E-state index contributed by atoms with van der Waals surface area (Å²) in [5.41, 5.74) is 12.9. The lowest BCUT2D eigenvalue weighted by Crippen LogP contribution is -2.50. The number of carboxylic acid groups (broad SMARTS) is 1. The van der Waals surface area contributed by atoms with Crippen LogP contribution in [0.1, 0.15) is 22.8 Å². The highest BCUT2D eigenvalue weighted by Gasteiger charge is 2.45. The van der Waals surface area contributed by atoms with Gasteiger partial charge in [-0.15, -0.1) is 0 Å². The number of allylic oxidation sites excluding steroid dienone is 1. The molecule has 0 saturated carbocycles. The van der Waals surface area contributed by atoms with E-state index >= 15 is 0 Å². The first kappa shape index (κ1) is 24.9. The number of hydrogen-bond donors (Lipinski definition) is 4. The summed E-state index contributed by atoms with van der Waals surface area (Å²) in [6.45, 7) is 0. The summed E-state index contributed by atoms with van der Waals surface area (Å²) in [5, 5.41) is 15.6. The van der Waals surface area contributed by atoms with E-state index in [9.17, 15) is 18.0 Å². The van der Waals surface area contributed by atoms with Crippen LogP contribution < -0.4 is 16.8 Å². The predicted molar refractivity (Wildman–Crippen MR) is 123 cm³/mol. The highest BCUT2D eigenvalue weighted by molar-refractivity contribution is 5.74. The fraction of sp³-hybridized carbons (Fsp3) is 0.217. The minimum atomic E-state index is -4.78. The van der Waals surface area contributed by atoms with E-state index in [1.165, 1.54) is 47.8 Å². The molecule has 1 aliphatic heterocycles. The van der Waals surface area contributed by atoms with E-state index in [0.29, 0.717) is 11.1 Å². The van der Waals surface area contributed by atoms with Gasteiger partial charge >= 0.3 is 12.1 Å². The van der Waals surface area contributed by atoms with Crippen LogP contribution in [0.5, 0.6) is 0 Å². The number of aliphatic carboxylic acids is 1. The van der Waals surface area contributed by atoms with Crippen molar-refractivity contribution >= 4 is 12.2 Å². The number of para-hydroxylation sites is 1. The molecule has 36 heavy (non-hydrogen) atoms. The van der Waals surface area contributed by atoms with Crippen LogP contribution in [0.3, 0.4) is 0 Å². The first-order valence-corrected chi connectivity index (χ1v) is 10.6. The second-order valence-electron chi connectivity index (χ2n) is 7.98. The van der Waals surface area contributed by atoms with Crippen molar-refractivity contribution in [2.24, 2.45) is 16.5 Å². The highest BCUT2D eigenvalue weighted by Crippen LogP contribution is 2.40. The molecule has 6 N–H and O–H groups in total. The van der Waals surface area contributed by atoms with Crippen LogP contribution in [0, 0.1) is 0 Å². The zero-order chi connectivity index (χ0) is 25.9. The molecule has 2 heterocycles. The van der Waals surface area contributed by atoms with E-state index in [1.807, 2.05) is 0 Å². The van der Waals surface area contributed by atoms with Crippen molar-refractivity contribution in [3.05, 3.63) is 89.8 Å². The second-order valence-corrected chi connectivity index (χ2v) is 7.98. The van der Waals surface area contributed by atoms with Gasteiger partial charge in [0, 0.05) is 23.4 Å². The Morgan fingerprint density at radius 1 is 1.19 bits per heavy atom. The zero-order valence-electron chi connectivity index (χ0n) is 18.6. The minimum Gasteiger partial charge on any atom is -0.480 e. The monoisotopic (exact) mass is 501 g/mol. The first-order chi connectivity index (χ1) is 17.1. The molecule has 3 aromatic rings. The normalized spacial score (nSPS) is 19.2. The topological polar surface area (TPSA) is 154 Å². The van der Waals surface area contributed by atoms with Crippen molar-refractivity contribution in [1.29, 1.82) is 0 Å². The predicted octanol–water partition coefficient (Wildman–Crippen LogP) is 2.13. The molecule has 3 atom stereocenters. The summed E-state index contributed by atoms with van der Waals surface area (Å²) < 4.78 is 49.1. The number of hydrogen-bond acceptors (Lipinski definition) is 8. The number of benzene rings is 2. The standard InChI is InChI=1S/C23H22F3N7O3/c24-22(25,26)20(16-3-1-2-4-18(16)33-13-29-12-31-33)36-19-9-10-30-23(28,32-19)15-7-5-14(6-8-15)11-17(27)21(34)35/h1-10,12-13,17,20,32H,11,27-28H2,(H,34,35)/t17-,20?,23?/m0/s1. The Labute approximate surface area is 203 Å². The third-order valence-electron chi connectivity index (χ3n) is 5.41. The van der Waals surface area contributed by atoms with Crippen molar-refractivity contribution in [1.82, 2.24) is 20.1 Å². The van der Waals surface area contributed by atoms with Gasteiger partial charge < -0.3 is 20.9 Å². The fourth-order valence-corrected chi connectivity index (χ4v) is 3.62. The quantitative estimate of drug-likeness (QED) is 0.366. The Balaban J connectivity index is 1.57. The largest absolute Gasteiger partial charge is 0.480 e. The van der Waals surface area contributed by atoms with Crippen molar-refractivity contribution in [3.63, 3.8) is 0 Å². The molecule has 4 rings (SSSR count). The molecular weight excluding hydrogens is 479 g/mol. The average molecular weight is 501 g/mol. The number of rotatable bonds is 8. The third kappa shape index (κ3) is 5.37. The number of carboxylic acids is 1. The van der Waals surface area contributed by atoms with Gasteiger partial charge in [-0.2, -0.15) is 18.3 Å². The van der Waals surface area contributed by atoms with Crippen LogP contribution in [0.15, 0.2) is 78.1 Å². The number of aliphatic imine (C=N–C) groups is 1. The van der Waals surface area contributed by atoms with Crippen LogP contribution in [-0.4, -0.2) is 44.3 Å². The van der Waals surface area contributed by atoms with E-state index in [1.54, 1.807) is 30.3 Å². The summed E-state index contributed by atoms with van der Waals surface area (Å²) in [6.07, 6.45) is -2.06. The Hall–Kier alpha value is -4.23. The molecule has 2 aromatic carbocycles. The molecule has 0 radical (unpaired) electrons. The van der Waals surface area contributed by atoms with Crippen LogP contribution >= 0.6 is 0 Å². The summed E-state index contributed by atoms with van der Waals surface area (Å²) in [4.78, 5) is 18.9. The van der Waals surface area contributed by atoms with Gasteiger partial charge in [0.25, 0.3) is 0 Å². The van der Waals surface area contributed by atoms with Gasteiger partial charge in [0.1, 0.15) is 18.7 Å². The maximum Gasteiger partial charge on any atom is 0.429 e. The van der Waals surface area contributed by atoms with E-state index in [0.717, 1.165) is 0 Å². The van der Waals surface area contributed by atoms with Gasteiger partial charge in [-0.25, -0.2) is 14.7 Å². The molecule has 13 heteroatoms. The molecule has 0 spiro atoms. The SMILES string of the molecule is N[C@@H](Cc1ccc(C2(N)N=CC=C(OC(c3ccccc3-n3cncn3)C(F)(F)F)N2)cc1)C(=O)O. The number of nitrogens with two attached hydrogens (primary N) is 2. The summed E-state index contributed by atoms with van der Waals surface area (Å²) in [7, 11) is 0. The van der Waals surface area contributed by atoms with Crippen LogP contribution in [-0.2, 0) is 21.7 Å². The van der Waals surface area contributed by atoms with Gasteiger partial charge in [-0.1, -0.05) is 42.5 Å². The summed E-state index contributed by atoms with van der Waals surface area (Å²) >= 11 is 0. The molecule has 0 saturated heterocycles. The van der Waals surface area contributed by atoms with Crippen LogP contribution in [0.4, 0.5) is 13.2 Å². The molecule has 1 aliphatic rings. The molecule has 0 fully saturated rings. The van der Waals surface area contributed by atoms with E-state index in [2.05, 4.69) is 20.4 Å². The van der Waals surface area contributed by atoms with Crippen molar-refractivity contribution in [2.75, 3.05) is 0 Å². The third-order valence-corrected chi connectivity index (χ3v) is 5.41. The van der Waals surface area contributed by atoms with Crippen molar-refractivity contribution < 1.29 is 27.8 Å². The number of halogens is 3. The molecule has 10 nitrogen and oxygen atoms in total. The number of alkyl halides is 3. The fourth-order valence-electron chi connectivity index (χ4n) is 3.62. The average Bonchev–Trinajstić information content (AvgIpc) is 3.37. The van der Waals surface area contributed by atoms with Gasteiger partial charge in [0.2, 0.25) is 11.9 Å². The lowest BCUT2D eigenvalue weighted by molar-refractivity contribution is -0.215. The minimum absolute atomic E-state index is 0.0938. The lowest BCUT2D eigenvalue weighted by atomic mass is 10.0. The van der Waals surface area contributed by atoms with Crippen LogP contribution in [0.2, 0.25) is 0 Å². The second kappa shape index (κ2) is 9.79. The van der Waals surface area contributed by atoms with Crippen molar-refractivity contribution in [2.45, 2.75) is 30.5 Å². The van der Waals surface area contributed by atoms with Crippen molar-refractivity contribution in [3.8, 4) is 5.69 Å². The Bertz CT molecular complexity index is 1280. The number of nitrogens with zero attached hydrogens (tertiary/aromatic N) is 4. The molecule has 188 valence electrons. The lowest BCUT2D eigenvalue weighted by Gasteiger charge is -2.33. The molecular formula is C23H22F3N7O3. The molecule has 1 aromatic heterocycles. The first-order valence-electron chi connectivity index (χ1n) is 10.6. The Morgan fingerprint density at radius 2 is 1.92 bits per heavy atom. The molecule has 0 amide bonds. The van der Waals surface area contributed by atoms with E-state index in [4.69, 9.17) is 21.3 Å². The summed E-state index contributed by atoms with van der Waals surface area (Å²) in [5.74, 6) is -3.01. The molecule has 0 aliphatic carbocycles. The van der Waals surface area contributed by atoms with Gasteiger partial charge in [0.05, 0.1) is 5.69 Å². The number of carbonyl (C=O) groups is 1.